The molecule has 0 rings (SSSR count). The molecule has 0 aliphatic rings. The van der Waals surface area contributed by atoms with Crippen LogP contribution in [0.15, 0.2) is 0 Å². The average Bonchev–Trinajstić information content (AvgIpc) is 2.19. The quantitative estimate of drug-likeness (QED) is 0.596. The van der Waals surface area contributed by atoms with E-state index in [-0.39, 0.29) is 0 Å². The van der Waals surface area contributed by atoms with Crippen molar-refractivity contribution in [2.45, 2.75) is 33.6 Å². The van der Waals surface area contributed by atoms with Crippen LogP contribution in [0.4, 0.5) is 0 Å². The average molecular weight is 203 g/mol. The minimum absolute atomic E-state index is 0.904. The highest BCUT2D eigenvalue weighted by Crippen LogP contribution is 2.10. The summed E-state index contributed by atoms with van der Waals surface area (Å²) in [6.07, 6.45) is 4.84. The minimum Gasteiger partial charge on any atom is -0.303 e. The topological polar surface area (TPSA) is 3.24 Å². The summed E-state index contributed by atoms with van der Waals surface area (Å²) in [7, 11) is 0. The number of thioether (sulfide) groups is 1. The Hall–Kier alpha value is 0.310. The summed E-state index contributed by atoms with van der Waals surface area (Å²) in [5, 5.41) is 0. The third-order valence-corrected chi connectivity index (χ3v) is 3.32. The van der Waals surface area contributed by atoms with Gasteiger partial charge in [0.05, 0.1) is 0 Å². The Balaban J connectivity index is 3.67. The SMILES string of the molecule is CCC(CC)CN(CC)CCSC. The van der Waals surface area contributed by atoms with Gasteiger partial charge in [0.25, 0.3) is 0 Å². The molecule has 0 aromatic heterocycles. The maximum atomic E-state index is 2.58. The third kappa shape index (κ3) is 6.39. The summed E-state index contributed by atoms with van der Waals surface area (Å²) in [5.41, 5.74) is 0. The molecular formula is C11H25NS. The number of rotatable bonds is 8. The van der Waals surface area contributed by atoms with E-state index in [1.54, 1.807) is 0 Å². The molecule has 0 aromatic carbocycles. The number of hydrogen-bond donors (Lipinski definition) is 0. The Morgan fingerprint density at radius 2 is 1.77 bits per heavy atom. The summed E-state index contributed by atoms with van der Waals surface area (Å²) < 4.78 is 0. The normalized spacial score (nSPS) is 11.5. The Labute approximate surface area is 88.3 Å². The fraction of sp³-hybridized carbons (Fsp3) is 1.00. The maximum absolute atomic E-state index is 2.58. The predicted molar refractivity (Wildman–Crippen MR) is 64.6 cm³/mol. The molecule has 0 fully saturated rings. The summed E-state index contributed by atoms with van der Waals surface area (Å²) in [4.78, 5) is 2.58. The van der Waals surface area contributed by atoms with Gasteiger partial charge in [-0.3, -0.25) is 0 Å². The first-order valence-corrected chi connectivity index (χ1v) is 6.89. The first-order chi connectivity index (χ1) is 6.28. The standard InChI is InChI=1S/C11H25NS/c1-5-11(6-2)10-12(7-3)8-9-13-4/h11H,5-10H2,1-4H3. The lowest BCUT2D eigenvalue weighted by Crippen LogP contribution is -2.31. The molecule has 0 saturated heterocycles. The van der Waals surface area contributed by atoms with Gasteiger partial charge >= 0.3 is 0 Å². The molecular weight excluding hydrogens is 178 g/mol. The predicted octanol–water partition coefficient (Wildman–Crippen LogP) is 3.11. The van der Waals surface area contributed by atoms with E-state index in [9.17, 15) is 0 Å². The molecule has 0 amide bonds. The molecule has 0 aromatic rings. The molecule has 0 saturated carbocycles. The second-order valence-corrected chi connectivity index (χ2v) is 4.55. The minimum atomic E-state index is 0.904. The first-order valence-electron chi connectivity index (χ1n) is 5.49. The van der Waals surface area contributed by atoms with E-state index in [2.05, 4.69) is 31.9 Å². The third-order valence-electron chi connectivity index (χ3n) is 2.73. The van der Waals surface area contributed by atoms with Gasteiger partial charge in [0, 0.05) is 18.8 Å². The zero-order valence-corrected chi connectivity index (χ0v) is 10.5. The van der Waals surface area contributed by atoms with Gasteiger partial charge in [0.2, 0.25) is 0 Å². The lowest BCUT2D eigenvalue weighted by Gasteiger charge is -2.24. The summed E-state index contributed by atoms with van der Waals surface area (Å²) in [5.74, 6) is 2.18. The second kappa shape index (κ2) is 8.89. The molecule has 0 radical (unpaired) electrons. The summed E-state index contributed by atoms with van der Waals surface area (Å²) >= 11 is 1.95. The first kappa shape index (κ1) is 13.3. The smallest absolute Gasteiger partial charge is 0.00722 e. The Bertz CT molecular complexity index is 102. The highest BCUT2D eigenvalue weighted by molar-refractivity contribution is 7.98. The van der Waals surface area contributed by atoms with E-state index in [1.807, 2.05) is 11.8 Å². The van der Waals surface area contributed by atoms with Crippen LogP contribution in [-0.4, -0.2) is 36.5 Å². The fourth-order valence-corrected chi connectivity index (χ4v) is 1.95. The van der Waals surface area contributed by atoms with Gasteiger partial charge in [-0.15, -0.1) is 0 Å². The summed E-state index contributed by atoms with van der Waals surface area (Å²) in [6, 6.07) is 0. The van der Waals surface area contributed by atoms with Crippen LogP contribution >= 0.6 is 11.8 Å². The van der Waals surface area contributed by atoms with Crippen LogP contribution in [-0.2, 0) is 0 Å². The maximum Gasteiger partial charge on any atom is 0.00722 e. The molecule has 80 valence electrons. The Morgan fingerprint density at radius 3 is 2.15 bits per heavy atom. The van der Waals surface area contributed by atoms with E-state index in [1.165, 1.54) is 38.2 Å². The van der Waals surface area contributed by atoms with Crippen molar-refractivity contribution < 1.29 is 0 Å². The van der Waals surface area contributed by atoms with Crippen molar-refractivity contribution in [3.63, 3.8) is 0 Å². The van der Waals surface area contributed by atoms with E-state index in [0.29, 0.717) is 0 Å². The Kier molecular flexibility index (Phi) is 9.10. The molecule has 13 heavy (non-hydrogen) atoms. The molecule has 0 spiro atoms. The molecule has 0 heterocycles. The van der Waals surface area contributed by atoms with Crippen molar-refractivity contribution in [3.8, 4) is 0 Å². The summed E-state index contributed by atoms with van der Waals surface area (Å²) in [6.45, 7) is 10.6. The molecule has 0 unspecified atom stereocenters. The highest BCUT2D eigenvalue weighted by atomic mass is 32.2. The van der Waals surface area contributed by atoms with Crippen molar-refractivity contribution in [1.29, 1.82) is 0 Å². The number of nitrogens with zero attached hydrogens (tertiary/aromatic N) is 1. The molecule has 0 aliphatic carbocycles. The highest BCUT2D eigenvalue weighted by Gasteiger charge is 2.08. The second-order valence-electron chi connectivity index (χ2n) is 3.57. The van der Waals surface area contributed by atoms with Crippen LogP contribution in [0.1, 0.15) is 33.6 Å². The van der Waals surface area contributed by atoms with Crippen molar-refractivity contribution in [3.05, 3.63) is 0 Å². The number of hydrogen-bond acceptors (Lipinski definition) is 2. The van der Waals surface area contributed by atoms with E-state index >= 15 is 0 Å². The van der Waals surface area contributed by atoms with Crippen LogP contribution in [0.3, 0.4) is 0 Å². The van der Waals surface area contributed by atoms with Crippen molar-refractivity contribution in [2.24, 2.45) is 5.92 Å². The van der Waals surface area contributed by atoms with Gasteiger partial charge in [0.15, 0.2) is 0 Å². The van der Waals surface area contributed by atoms with Gasteiger partial charge < -0.3 is 4.90 Å². The van der Waals surface area contributed by atoms with Crippen LogP contribution in [0.25, 0.3) is 0 Å². The van der Waals surface area contributed by atoms with Crippen LogP contribution in [0.2, 0.25) is 0 Å². The van der Waals surface area contributed by atoms with Gasteiger partial charge in [0.1, 0.15) is 0 Å². The molecule has 0 bridgehead atoms. The van der Waals surface area contributed by atoms with Gasteiger partial charge in [-0.2, -0.15) is 11.8 Å². The lowest BCUT2D eigenvalue weighted by molar-refractivity contribution is 0.246. The largest absolute Gasteiger partial charge is 0.303 e. The molecule has 0 atom stereocenters. The van der Waals surface area contributed by atoms with Crippen molar-refractivity contribution >= 4 is 11.8 Å². The zero-order chi connectivity index (χ0) is 10.1. The van der Waals surface area contributed by atoms with E-state index < -0.39 is 0 Å². The lowest BCUT2D eigenvalue weighted by atomic mass is 10.0. The van der Waals surface area contributed by atoms with Crippen LogP contribution in [0.5, 0.6) is 0 Å². The van der Waals surface area contributed by atoms with E-state index in [0.717, 1.165) is 5.92 Å². The molecule has 2 heteroatoms. The van der Waals surface area contributed by atoms with E-state index in [4.69, 9.17) is 0 Å². The van der Waals surface area contributed by atoms with Crippen LogP contribution < -0.4 is 0 Å². The zero-order valence-electron chi connectivity index (χ0n) is 9.68. The van der Waals surface area contributed by atoms with Crippen LogP contribution in [0, 0.1) is 5.92 Å². The van der Waals surface area contributed by atoms with Crippen molar-refractivity contribution in [2.75, 3.05) is 31.6 Å². The Morgan fingerprint density at radius 1 is 1.15 bits per heavy atom. The van der Waals surface area contributed by atoms with Gasteiger partial charge in [-0.1, -0.05) is 33.6 Å². The molecule has 0 aliphatic heterocycles. The van der Waals surface area contributed by atoms with Crippen molar-refractivity contribution in [1.82, 2.24) is 4.90 Å². The van der Waals surface area contributed by atoms with Gasteiger partial charge in [-0.25, -0.2) is 0 Å². The molecule has 0 N–H and O–H groups in total. The van der Waals surface area contributed by atoms with Gasteiger partial charge in [-0.05, 0) is 18.7 Å². The molecule has 1 nitrogen and oxygen atoms in total. The monoisotopic (exact) mass is 203 g/mol. The fourth-order valence-electron chi connectivity index (χ4n) is 1.51.